The summed E-state index contributed by atoms with van der Waals surface area (Å²) in [4.78, 5) is 10.6. The normalized spacial score (nSPS) is 21.1. The molecule has 0 spiro atoms. The second-order valence-corrected chi connectivity index (χ2v) is 12.0. The molecule has 0 amide bonds. The second kappa shape index (κ2) is 10.4. The number of hydrogen-bond donors (Lipinski definition) is 0. The lowest BCUT2D eigenvalue weighted by molar-refractivity contribution is 0.328. The highest BCUT2D eigenvalue weighted by Crippen LogP contribution is 2.55. The summed E-state index contributed by atoms with van der Waals surface area (Å²) in [5.41, 5.74) is 9.22. The summed E-state index contributed by atoms with van der Waals surface area (Å²) in [5.74, 6) is 1.60. The van der Waals surface area contributed by atoms with E-state index >= 15 is 0 Å². The minimum atomic E-state index is -0.0799. The summed E-state index contributed by atoms with van der Waals surface area (Å²) in [7, 11) is 0. The third-order valence-corrected chi connectivity index (χ3v) is 8.04. The van der Waals surface area contributed by atoms with Crippen molar-refractivity contribution in [1.29, 1.82) is 0 Å². The maximum Gasteiger partial charge on any atom is 0.149 e. The monoisotopic (exact) mass is 501 g/mol. The van der Waals surface area contributed by atoms with Gasteiger partial charge in [-0.2, -0.15) is 0 Å². The van der Waals surface area contributed by atoms with Crippen LogP contribution in [0.5, 0.6) is 0 Å². The predicted octanol–water partition coefficient (Wildman–Crippen LogP) is 10.2. The van der Waals surface area contributed by atoms with Crippen LogP contribution in [0.1, 0.15) is 138 Å². The van der Waals surface area contributed by atoms with Gasteiger partial charge in [0.1, 0.15) is 11.5 Å². The highest BCUT2D eigenvalue weighted by molar-refractivity contribution is 5.99. The van der Waals surface area contributed by atoms with E-state index in [0.717, 1.165) is 28.9 Å². The van der Waals surface area contributed by atoms with Gasteiger partial charge in [-0.3, -0.25) is 4.40 Å². The van der Waals surface area contributed by atoms with Crippen LogP contribution in [0.3, 0.4) is 0 Å². The second-order valence-electron chi connectivity index (χ2n) is 12.0. The van der Waals surface area contributed by atoms with Crippen molar-refractivity contribution in [3.63, 3.8) is 0 Å². The molecule has 3 bridgehead atoms. The fourth-order valence-corrected chi connectivity index (χ4v) is 6.83. The maximum atomic E-state index is 5.29. The first-order valence-electron chi connectivity index (χ1n) is 14.8. The average Bonchev–Trinajstić information content (AvgIpc) is 3.35. The molecule has 2 unspecified atom stereocenters. The third kappa shape index (κ3) is 4.47. The molecule has 4 aromatic rings. The van der Waals surface area contributed by atoms with E-state index in [1.54, 1.807) is 0 Å². The van der Waals surface area contributed by atoms with Gasteiger partial charge >= 0.3 is 0 Å². The largest absolute Gasteiger partial charge is 0.279 e. The summed E-state index contributed by atoms with van der Waals surface area (Å²) in [6, 6.07) is 11.6. The molecule has 3 heteroatoms. The lowest BCUT2D eigenvalue weighted by atomic mass is 9.72. The number of imidazole rings is 1. The fraction of sp³-hybridized carbons (Fsp3) is 0.588. The first-order chi connectivity index (χ1) is 17.5. The molecule has 2 aromatic heterocycles. The van der Waals surface area contributed by atoms with Crippen molar-refractivity contribution in [2.24, 2.45) is 0 Å². The van der Waals surface area contributed by atoms with Gasteiger partial charge in [-0.05, 0) is 70.9 Å². The van der Waals surface area contributed by atoms with E-state index in [9.17, 15) is 0 Å². The molecular weight excluding hydrogens is 450 g/mol. The molecule has 2 aromatic carbocycles. The Balaban J connectivity index is 0.000000593. The Morgan fingerprint density at radius 2 is 1.54 bits per heavy atom. The van der Waals surface area contributed by atoms with Crippen molar-refractivity contribution in [2.45, 2.75) is 131 Å². The molecule has 3 heterocycles. The molecule has 1 aliphatic carbocycles. The van der Waals surface area contributed by atoms with E-state index in [0.29, 0.717) is 5.92 Å². The maximum absolute atomic E-state index is 5.29. The Bertz CT molecular complexity index is 1400. The van der Waals surface area contributed by atoms with Crippen LogP contribution in [0.25, 0.3) is 27.6 Å². The standard InChI is InChI=1S/C28H33N3.3C2H6/c1-8-16-14-28(7)15-27(5,6)18-13-22-21(12-19(18)28)29-24-23-17(16)10-9-11-20(23)30-25(31(22)24)26(2,3)4;3*1-2/h9-13,16H,8,14-15H2,1-7H3;3*1-2H3. The number of fused-ring (bicyclic) bond motifs is 1. The van der Waals surface area contributed by atoms with Crippen LogP contribution < -0.4 is 0 Å². The van der Waals surface area contributed by atoms with E-state index in [1.165, 1.54) is 40.4 Å². The van der Waals surface area contributed by atoms with Crippen LogP contribution in [0.2, 0.25) is 0 Å². The number of nitrogens with zero attached hydrogens (tertiary/aromatic N) is 3. The molecule has 2 aliphatic rings. The zero-order valence-electron chi connectivity index (χ0n) is 25.9. The van der Waals surface area contributed by atoms with Crippen molar-refractivity contribution in [1.82, 2.24) is 14.4 Å². The summed E-state index contributed by atoms with van der Waals surface area (Å²) < 4.78 is 2.38. The topological polar surface area (TPSA) is 30.2 Å². The van der Waals surface area contributed by atoms with Crippen LogP contribution in [0, 0.1) is 0 Å². The smallest absolute Gasteiger partial charge is 0.149 e. The van der Waals surface area contributed by atoms with Crippen LogP contribution >= 0.6 is 0 Å². The lowest BCUT2D eigenvalue weighted by Crippen LogP contribution is -2.25. The van der Waals surface area contributed by atoms with Gasteiger partial charge in [-0.1, -0.05) is 102 Å². The molecule has 0 fully saturated rings. The van der Waals surface area contributed by atoms with Crippen molar-refractivity contribution in [2.75, 3.05) is 0 Å². The molecule has 0 N–H and O–H groups in total. The predicted molar refractivity (Wildman–Crippen MR) is 163 cm³/mol. The molecule has 2 atom stereocenters. The average molecular weight is 502 g/mol. The zero-order chi connectivity index (χ0) is 27.9. The van der Waals surface area contributed by atoms with Gasteiger partial charge in [0.2, 0.25) is 0 Å². The first kappa shape index (κ1) is 29.1. The van der Waals surface area contributed by atoms with E-state index in [1.807, 2.05) is 41.5 Å². The summed E-state index contributed by atoms with van der Waals surface area (Å²) in [6.45, 7) is 28.5. The minimum Gasteiger partial charge on any atom is -0.279 e. The molecule has 0 radical (unpaired) electrons. The summed E-state index contributed by atoms with van der Waals surface area (Å²) in [6.07, 6.45) is 3.51. The lowest BCUT2D eigenvalue weighted by Gasteiger charge is -2.32. The number of hydrogen-bond acceptors (Lipinski definition) is 2. The Hall–Kier alpha value is -2.42. The third-order valence-electron chi connectivity index (χ3n) is 8.04. The molecular formula is C34H51N3. The van der Waals surface area contributed by atoms with Crippen molar-refractivity contribution in [3.8, 4) is 0 Å². The van der Waals surface area contributed by atoms with Gasteiger partial charge in [-0.25, -0.2) is 9.97 Å². The highest BCUT2D eigenvalue weighted by Gasteiger charge is 2.46. The minimum absolute atomic E-state index is 0.0799. The van der Waals surface area contributed by atoms with Crippen LogP contribution in [0.4, 0.5) is 0 Å². The number of rotatable bonds is 1. The Morgan fingerprint density at radius 3 is 2.14 bits per heavy atom. The van der Waals surface area contributed by atoms with Gasteiger partial charge in [-0.15, -0.1) is 0 Å². The molecule has 1 aliphatic heterocycles. The van der Waals surface area contributed by atoms with Crippen LogP contribution in [-0.2, 0) is 16.2 Å². The zero-order valence-corrected chi connectivity index (χ0v) is 25.9. The Kier molecular flexibility index (Phi) is 8.18. The Labute approximate surface area is 226 Å². The summed E-state index contributed by atoms with van der Waals surface area (Å²) >= 11 is 0. The van der Waals surface area contributed by atoms with E-state index in [4.69, 9.17) is 9.97 Å². The van der Waals surface area contributed by atoms with Crippen LogP contribution in [0.15, 0.2) is 30.3 Å². The highest BCUT2D eigenvalue weighted by atomic mass is 15.1. The molecule has 0 saturated carbocycles. The molecule has 6 rings (SSSR count). The van der Waals surface area contributed by atoms with E-state index in [2.05, 4.69) is 83.2 Å². The molecule has 202 valence electrons. The quantitative estimate of drug-likeness (QED) is 0.260. The van der Waals surface area contributed by atoms with Gasteiger partial charge in [0.25, 0.3) is 0 Å². The van der Waals surface area contributed by atoms with E-state index < -0.39 is 0 Å². The molecule has 0 saturated heterocycles. The summed E-state index contributed by atoms with van der Waals surface area (Å²) in [5, 5.41) is 1.26. The van der Waals surface area contributed by atoms with Gasteiger partial charge < -0.3 is 0 Å². The molecule has 37 heavy (non-hydrogen) atoms. The van der Waals surface area contributed by atoms with Crippen molar-refractivity contribution >= 4 is 27.6 Å². The fourth-order valence-electron chi connectivity index (χ4n) is 6.83. The van der Waals surface area contributed by atoms with Gasteiger partial charge in [0.15, 0.2) is 0 Å². The van der Waals surface area contributed by atoms with E-state index in [-0.39, 0.29) is 16.2 Å². The van der Waals surface area contributed by atoms with Gasteiger partial charge in [0.05, 0.1) is 16.6 Å². The first-order valence-corrected chi connectivity index (χ1v) is 14.8. The Morgan fingerprint density at radius 1 is 0.892 bits per heavy atom. The van der Waals surface area contributed by atoms with Crippen LogP contribution in [-0.4, -0.2) is 14.4 Å². The number of aromatic nitrogens is 3. The number of benzene rings is 2. The van der Waals surface area contributed by atoms with Crippen molar-refractivity contribution in [3.05, 3.63) is 52.8 Å². The van der Waals surface area contributed by atoms with Crippen molar-refractivity contribution < 1.29 is 0 Å². The van der Waals surface area contributed by atoms with Gasteiger partial charge in [0, 0.05) is 10.8 Å². The SMILES string of the molecule is CC.CC.CC.CCC1CC2(C)CC(C)(C)c3cc4c(cc32)nc2c3c1cccc3nc(C(C)(C)C)n42. The molecule has 3 nitrogen and oxygen atoms in total.